The Morgan fingerprint density at radius 1 is 1.17 bits per heavy atom. The lowest BCUT2D eigenvalue weighted by Crippen LogP contribution is -2.30. The molecule has 0 saturated carbocycles. The van der Waals surface area contributed by atoms with Gasteiger partial charge >= 0.3 is 0 Å². The van der Waals surface area contributed by atoms with Crippen molar-refractivity contribution in [2.45, 2.75) is 12.8 Å². The van der Waals surface area contributed by atoms with Crippen molar-refractivity contribution in [2.75, 3.05) is 0 Å². The molecule has 0 fully saturated rings. The maximum Gasteiger partial charge on any atom is 0.265 e. The van der Waals surface area contributed by atoms with E-state index in [1.165, 1.54) is 11.1 Å². The smallest absolute Gasteiger partial charge is 0.265 e. The van der Waals surface area contributed by atoms with Crippen LogP contribution in [-0.2, 0) is 4.79 Å². The lowest BCUT2D eigenvalue weighted by Gasteiger charge is -2.03. The van der Waals surface area contributed by atoms with Gasteiger partial charge in [-0.3, -0.25) is 10.2 Å². The molecule has 0 bridgehead atoms. The van der Waals surface area contributed by atoms with E-state index in [-0.39, 0.29) is 5.91 Å². The summed E-state index contributed by atoms with van der Waals surface area (Å²) in [6.45, 7) is 0. The first-order valence-corrected chi connectivity index (χ1v) is 5.93. The third-order valence-corrected chi connectivity index (χ3v) is 2.86. The zero-order valence-electron chi connectivity index (χ0n) is 10.1. The van der Waals surface area contributed by atoms with E-state index < -0.39 is 0 Å². The van der Waals surface area contributed by atoms with Crippen molar-refractivity contribution in [1.82, 2.24) is 5.43 Å². The molecule has 18 heavy (non-hydrogen) atoms. The Balaban J connectivity index is 2.23. The highest BCUT2D eigenvalue weighted by molar-refractivity contribution is 5.96. The maximum absolute atomic E-state index is 11.4. The van der Waals surface area contributed by atoms with Crippen LogP contribution in [0.5, 0.6) is 0 Å². The number of carbonyl (C=O) groups excluding carboxylic acids is 1. The number of amides is 1. The molecule has 0 saturated heterocycles. The molecule has 0 heterocycles. The number of hydrazine groups is 1. The number of nitrogens with one attached hydrogen (secondary N) is 1. The van der Waals surface area contributed by atoms with E-state index in [0.717, 1.165) is 12.8 Å². The number of carbonyl (C=O) groups is 1. The van der Waals surface area contributed by atoms with Crippen LogP contribution in [0, 0.1) is 0 Å². The van der Waals surface area contributed by atoms with E-state index in [4.69, 9.17) is 5.84 Å². The van der Waals surface area contributed by atoms with Crippen molar-refractivity contribution in [3.8, 4) is 0 Å². The highest BCUT2D eigenvalue weighted by Crippen LogP contribution is 2.22. The molecule has 0 radical (unpaired) electrons. The molecular formula is C15H16N2O. The Bertz CT molecular complexity index is 517. The van der Waals surface area contributed by atoms with Crippen LogP contribution < -0.4 is 11.3 Å². The molecule has 2 aliphatic carbocycles. The maximum atomic E-state index is 11.4. The largest absolute Gasteiger partial charge is 0.290 e. The summed E-state index contributed by atoms with van der Waals surface area (Å²) in [5, 5.41) is 0. The summed E-state index contributed by atoms with van der Waals surface area (Å²) in [7, 11) is 0. The lowest BCUT2D eigenvalue weighted by atomic mass is 10.0. The van der Waals surface area contributed by atoms with Crippen LogP contribution in [0.4, 0.5) is 0 Å². The first-order valence-electron chi connectivity index (χ1n) is 5.93. The third kappa shape index (κ3) is 2.96. The van der Waals surface area contributed by atoms with Gasteiger partial charge in [-0.05, 0) is 30.1 Å². The van der Waals surface area contributed by atoms with Crippen LogP contribution in [0.15, 0.2) is 71.4 Å². The molecule has 1 amide bonds. The van der Waals surface area contributed by atoms with Gasteiger partial charge in [0, 0.05) is 5.57 Å². The second kappa shape index (κ2) is 5.98. The standard InChI is InChI=1S/C15H16N2O/c16-17-15(18)14-9-5-8-13(10-11-14)12-6-3-1-2-4-7-12/h1-3,5-7,9-11H,4,8,16H2,(H,17,18). The summed E-state index contributed by atoms with van der Waals surface area (Å²) >= 11 is 0. The fraction of sp³-hybridized carbons (Fsp3) is 0.133. The van der Waals surface area contributed by atoms with E-state index in [1.807, 2.05) is 24.3 Å². The van der Waals surface area contributed by atoms with Crippen LogP contribution >= 0.6 is 0 Å². The molecule has 0 atom stereocenters. The summed E-state index contributed by atoms with van der Waals surface area (Å²) in [4.78, 5) is 11.4. The van der Waals surface area contributed by atoms with E-state index in [9.17, 15) is 4.79 Å². The van der Waals surface area contributed by atoms with Crippen LogP contribution in [0.25, 0.3) is 0 Å². The predicted octanol–water partition coefficient (Wildman–Crippen LogP) is 2.23. The lowest BCUT2D eigenvalue weighted by molar-refractivity contribution is -0.117. The van der Waals surface area contributed by atoms with Crippen molar-refractivity contribution in [2.24, 2.45) is 5.84 Å². The number of nitrogens with two attached hydrogens (primary N) is 1. The number of rotatable bonds is 2. The topological polar surface area (TPSA) is 55.1 Å². The van der Waals surface area contributed by atoms with E-state index in [1.54, 1.807) is 12.2 Å². The summed E-state index contributed by atoms with van der Waals surface area (Å²) in [5.74, 6) is 4.86. The van der Waals surface area contributed by atoms with Crippen molar-refractivity contribution in [1.29, 1.82) is 0 Å². The second-order valence-corrected chi connectivity index (χ2v) is 4.08. The zero-order valence-corrected chi connectivity index (χ0v) is 10.1. The molecule has 3 nitrogen and oxygen atoms in total. The van der Waals surface area contributed by atoms with Gasteiger partial charge in [0.2, 0.25) is 0 Å². The average Bonchev–Trinajstić information content (AvgIpc) is 2.80. The quantitative estimate of drug-likeness (QED) is 0.442. The van der Waals surface area contributed by atoms with E-state index >= 15 is 0 Å². The average molecular weight is 240 g/mol. The van der Waals surface area contributed by atoms with Crippen molar-refractivity contribution in [3.63, 3.8) is 0 Å². The van der Waals surface area contributed by atoms with Crippen LogP contribution in [0.1, 0.15) is 12.8 Å². The van der Waals surface area contributed by atoms with E-state index in [2.05, 4.69) is 23.7 Å². The van der Waals surface area contributed by atoms with Gasteiger partial charge in [-0.15, -0.1) is 0 Å². The Labute approximate surface area is 107 Å². The van der Waals surface area contributed by atoms with Crippen molar-refractivity contribution in [3.05, 3.63) is 71.4 Å². The SMILES string of the molecule is NNC(=O)C1=CC=C(C2=CCC=CC=C2)CC=C1. The van der Waals surface area contributed by atoms with Crippen LogP contribution in [0.3, 0.4) is 0 Å². The van der Waals surface area contributed by atoms with E-state index in [0.29, 0.717) is 5.57 Å². The van der Waals surface area contributed by atoms with Gasteiger partial charge < -0.3 is 0 Å². The molecule has 0 unspecified atom stereocenters. The highest BCUT2D eigenvalue weighted by atomic mass is 16.2. The Morgan fingerprint density at radius 2 is 2.06 bits per heavy atom. The zero-order chi connectivity index (χ0) is 12.8. The monoisotopic (exact) mass is 240 g/mol. The minimum absolute atomic E-state index is 0.268. The highest BCUT2D eigenvalue weighted by Gasteiger charge is 2.07. The minimum atomic E-state index is -0.268. The fourth-order valence-electron chi connectivity index (χ4n) is 1.89. The Hall–Kier alpha value is -2.13. The summed E-state index contributed by atoms with van der Waals surface area (Å²) in [6.07, 6.45) is 19.8. The first-order chi connectivity index (χ1) is 8.81. The molecule has 0 aromatic carbocycles. The third-order valence-electron chi connectivity index (χ3n) is 2.86. The fourth-order valence-corrected chi connectivity index (χ4v) is 1.89. The molecule has 92 valence electrons. The molecule has 0 aliphatic heterocycles. The van der Waals surface area contributed by atoms with Gasteiger partial charge in [-0.1, -0.05) is 48.6 Å². The molecular weight excluding hydrogens is 224 g/mol. The molecule has 2 aliphatic rings. The minimum Gasteiger partial charge on any atom is -0.290 e. The van der Waals surface area contributed by atoms with Crippen molar-refractivity contribution >= 4 is 5.91 Å². The molecule has 3 N–H and O–H groups in total. The number of hydrogen-bond donors (Lipinski definition) is 2. The van der Waals surface area contributed by atoms with Gasteiger partial charge in [0.15, 0.2) is 0 Å². The van der Waals surface area contributed by atoms with Crippen LogP contribution in [-0.4, -0.2) is 5.91 Å². The predicted molar refractivity (Wildman–Crippen MR) is 73.2 cm³/mol. The molecule has 0 aromatic rings. The summed E-state index contributed by atoms with van der Waals surface area (Å²) in [6, 6.07) is 0. The van der Waals surface area contributed by atoms with Gasteiger partial charge in [0.05, 0.1) is 0 Å². The summed E-state index contributed by atoms with van der Waals surface area (Å²) in [5.41, 5.74) is 5.12. The molecule has 2 rings (SSSR count). The van der Waals surface area contributed by atoms with Crippen LogP contribution in [0.2, 0.25) is 0 Å². The van der Waals surface area contributed by atoms with Gasteiger partial charge in [-0.2, -0.15) is 0 Å². The molecule has 3 heteroatoms. The normalized spacial score (nSPS) is 18.4. The van der Waals surface area contributed by atoms with Gasteiger partial charge in [0.25, 0.3) is 5.91 Å². The number of allylic oxidation sites excluding steroid dienone is 10. The van der Waals surface area contributed by atoms with Gasteiger partial charge in [0.1, 0.15) is 0 Å². The van der Waals surface area contributed by atoms with Gasteiger partial charge in [-0.25, -0.2) is 5.84 Å². The molecule has 0 aromatic heterocycles. The number of hydrogen-bond acceptors (Lipinski definition) is 2. The Morgan fingerprint density at radius 3 is 2.89 bits per heavy atom. The van der Waals surface area contributed by atoms with Crippen molar-refractivity contribution < 1.29 is 4.79 Å². The Kier molecular flexibility index (Phi) is 4.10. The summed E-state index contributed by atoms with van der Waals surface area (Å²) < 4.78 is 0. The second-order valence-electron chi connectivity index (χ2n) is 4.08. The first kappa shape index (κ1) is 12.3. The molecule has 0 spiro atoms.